The van der Waals surface area contributed by atoms with E-state index in [0.29, 0.717) is 5.88 Å². The smallest absolute Gasteiger partial charge is 0.218 e. The molecule has 2 rings (SSSR count). The van der Waals surface area contributed by atoms with E-state index in [9.17, 15) is 0 Å². The molecule has 0 amide bonds. The summed E-state index contributed by atoms with van der Waals surface area (Å²) in [6, 6.07) is 6.03. The summed E-state index contributed by atoms with van der Waals surface area (Å²) in [5.74, 6) is 0.710. The zero-order valence-electron chi connectivity index (χ0n) is 13.0. The molecule has 0 aliphatic rings. The van der Waals surface area contributed by atoms with Gasteiger partial charge < -0.3 is 10.1 Å². The molecule has 0 spiro atoms. The Hall–Kier alpha value is -1.88. The second-order valence-electron chi connectivity index (χ2n) is 5.28. The number of rotatable bonds is 8. The molecule has 114 valence electrons. The van der Waals surface area contributed by atoms with Crippen LogP contribution in [0, 0.1) is 0 Å². The Balaban J connectivity index is 1.92. The van der Waals surface area contributed by atoms with Gasteiger partial charge in [-0.1, -0.05) is 13.0 Å². The van der Waals surface area contributed by atoms with E-state index >= 15 is 0 Å². The molecule has 0 atom stereocenters. The van der Waals surface area contributed by atoms with E-state index in [2.05, 4.69) is 28.4 Å². The highest BCUT2D eigenvalue weighted by molar-refractivity contribution is 5.25. The van der Waals surface area contributed by atoms with Crippen LogP contribution in [0.15, 0.2) is 30.6 Å². The van der Waals surface area contributed by atoms with Crippen LogP contribution < -0.4 is 10.1 Å². The second-order valence-corrected chi connectivity index (χ2v) is 5.28. The maximum Gasteiger partial charge on any atom is 0.218 e. The molecule has 0 radical (unpaired) electrons. The molecule has 0 fully saturated rings. The van der Waals surface area contributed by atoms with Crippen molar-refractivity contribution >= 4 is 0 Å². The van der Waals surface area contributed by atoms with Crippen molar-refractivity contribution in [1.82, 2.24) is 20.1 Å². The second kappa shape index (κ2) is 7.78. The van der Waals surface area contributed by atoms with Crippen LogP contribution in [0.5, 0.6) is 5.88 Å². The van der Waals surface area contributed by atoms with Gasteiger partial charge in [0.2, 0.25) is 5.88 Å². The summed E-state index contributed by atoms with van der Waals surface area (Å²) in [5, 5.41) is 7.76. The zero-order valence-corrected chi connectivity index (χ0v) is 13.0. The number of hydrogen-bond donors (Lipinski definition) is 1. The Morgan fingerprint density at radius 1 is 1.24 bits per heavy atom. The maximum absolute atomic E-state index is 5.73. The van der Waals surface area contributed by atoms with E-state index < -0.39 is 0 Å². The summed E-state index contributed by atoms with van der Waals surface area (Å²) in [6.07, 6.45) is 4.83. The molecule has 5 heteroatoms. The summed E-state index contributed by atoms with van der Waals surface area (Å²) in [7, 11) is 0. The van der Waals surface area contributed by atoms with E-state index in [-0.39, 0.29) is 6.10 Å². The lowest BCUT2D eigenvalue weighted by molar-refractivity contribution is 0.229. The molecule has 0 aliphatic heterocycles. The molecular formula is C16H24N4O. The zero-order chi connectivity index (χ0) is 15.1. The Bertz CT molecular complexity index is 551. The highest BCUT2D eigenvalue weighted by Crippen LogP contribution is 2.15. The third kappa shape index (κ3) is 4.56. The molecule has 0 aliphatic carbocycles. The fourth-order valence-corrected chi connectivity index (χ4v) is 2.14. The van der Waals surface area contributed by atoms with Gasteiger partial charge in [-0.05, 0) is 32.4 Å². The van der Waals surface area contributed by atoms with Crippen LogP contribution in [-0.4, -0.2) is 20.9 Å². The number of nitrogens with zero attached hydrogens (tertiary/aromatic N) is 3. The van der Waals surface area contributed by atoms with Gasteiger partial charge in [0.25, 0.3) is 0 Å². The van der Waals surface area contributed by atoms with Gasteiger partial charge in [0.1, 0.15) is 0 Å². The van der Waals surface area contributed by atoms with Crippen molar-refractivity contribution < 1.29 is 4.74 Å². The van der Waals surface area contributed by atoms with Crippen molar-refractivity contribution in [2.24, 2.45) is 0 Å². The predicted molar refractivity (Wildman–Crippen MR) is 83.1 cm³/mol. The van der Waals surface area contributed by atoms with Gasteiger partial charge in [-0.15, -0.1) is 0 Å². The largest absolute Gasteiger partial charge is 0.475 e. The molecule has 5 nitrogen and oxygen atoms in total. The quantitative estimate of drug-likeness (QED) is 0.811. The monoisotopic (exact) mass is 288 g/mol. The summed E-state index contributed by atoms with van der Waals surface area (Å²) in [4.78, 5) is 4.30. The molecule has 0 saturated heterocycles. The Morgan fingerprint density at radius 3 is 2.86 bits per heavy atom. The molecule has 2 aromatic heterocycles. The third-order valence-corrected chi connectivity index (χ3v) is 3.06. The van der Waals surface area contributed by atoms with Crippen LogP contribution in [0.25, 0.3) is 0 Å². The van der Waals surface area contributed by atoms with Crippen molar-refractivity contribution in [1.29, 1.82) is 0 Å². The van der Waals surface area contributed by atoms with Crippen LogP contribution in [0.4, 0.5) is 0 Å². The average molecular weight is 288 g/mol. The SMILES string of the molecule is CCCn1nccc1CNCc1cccnc1OC(C)C. The van der Waals surface area contributed by atoms with Gasteiger partial charge in [0.15, 0.2) is 0 Å². The highest BCUT2D eigenvalue weighted by atomic mass is 16.5. The van der Waals surface area contributed by atoms with Crippen molar-refractivity contribution in [3.8, 4) is 5.88 Å². The number of aryl methyl sites for hydroxylation is 1. The highest BCUT2D eigenvalue weighted by Gasteiger charge is 2.07. The molecule has 0 saturated carbocycles. The molecule has 0 aromatic carbocycles. The van der Waals surface area contributed by atoms with Crippen molar-refractivity contribution in [3.63, 3.8) is 0 Å². The summed E-state index contributed by atoms with van der Waals surface area (Å²) < 4.78 is 7.77. The molecule has 21 heavy (non-hydrogen) atoms. The number of hydrogen-bond acceptors (Lipinski definition) is 4. The van der Waals surface area contributed by atoms with Gasteiger partial charge in [-0.3, -0.25) is 4.68 Å². The number of nitrogens with one attached hydrogen (secondary N) is 1. The molecule has 0 bridgehead atoms. The van der Waals surface area contributed by atoms with Crippen molar-refractivity contribution in [2.75, 3.05) is 0 Å². The van der Waals surface area contributed by atoms with E-state index in [4.69, 9.17) is 4.74 Å². The molecule has 2 aromatic rings. The molecule has 1 N–H and O–H groups in total. The van der Waals surface area contributed by atoms with Crippen molar-refractivity contribution in [2.45, 2.75) is 52.9 Å². The first-order valence-electron chi connectivity index (χ1n) is 7.52. The predicted octanol–water partition coefficient (Wildman–Crippen LogP) is 2.77. The first-order chi connectivity index (χ1) is 10.2. The van der Waals surface area contributed by atoms with Crippen LogP contribution in [0.3, 0.4) is 0 Å². The van der Waals surface area contributed by atoms with Crippen LogP contribution in [0.2, 0.25) is 0 Å². The van der Waals surface area contributed by atoms with Crippen molar-refractivity contribution in [3.05, 3.63) is 41.9 Å². The minimum atomic E-state index is 0.129. The fourth-order valence-electron chi connectivity index (χ4n) is 2.14. The van der Waals surface area contributed by atoms with Gasteiger partial charge in [0.05, 0.1) is 11.8 Å². The topological polar surface area (TPSA) is 52.0 Å². The third-order valence-electron chi connectivity index (χ3n) is 3.06. The first-order valence-corrected chi connectivity index (χ1v) is 7.52. The van der Waals surface area contributed by atoms with E-state index in [0.717, 1.165) is 31.6 Å². The lowest BCUT2D eigenvalue weighted by atomic mass is 10.2. The standard InChI is InChI=1S/C16H24N4O/c1-4-10-20-15(7-9-19-20)12-17-11-14-6-5-8-18-16(14)21-13(2)3/h5-9,13,17H,4,10-12H2,1-3H3. The van der Waals surface area contributed by atoms with Gasteiger partial charge in [-0.2, -0.15) is 5.10 Å². The molecular weight excluding hydrogens is 264 g/mol. The van der Waals surface area contributed by atoms with Gasteiger partial charge in [0, 0.05) is 37.6 Å². The van der Waals surface area contributed by atoms with Crippen LogP contribution >= 0.6 is 0 Å². The van der Waals surface area contributed by atoms with E-state index in [1.807, 2.05) is 36.9 Å². The number of aromatic nitrogens is 3. The Kier molecular flexibility index (Phi) is 5.75. The summed E-state index contributed by atoms with van der Waals surface area (Å²) >= 11 is 0. The Labute approximate surface area is 126 Å². The first kappa shape index (κ1) is 15.5. The Morgan fingerprint density at radius 2 is 2.10 bits per heavy atom. The van der Waals surface area contributed by atoms with E-state index in [1.165, 1.54) is 5.69 Å². The van der Waals surface area contributed by atoms with Gasteiger partial charge in [-0.25, -0.2) is 4.98 Å². The summed E-state index contributed by atoms with van der Waals surface area (Å²) in [5.41, 5.74) is 2.28. The fraction of sp³-hybridized carbons (Fsp3) is 0.500. The number of pyridine rings is 1. The summed E-state index contributed by atoms with van der Waals surface area (Å²) in [6.45, 7) is 8.65. The molecule has 2 heterocycles. The lowest BCUT2D eigenvalue weighted by Gasteiger charge is -2.13. The number of ether oxygens (including phenoxy) is 1. The average Bonchev–Trinajstić information content (AvgIpc) is 2.88. The minimum Gasteiger partial charge on any atom is -0.475 e. The van der Waals surface area contributed by atoms with Crippen LogP contribution in [-0.2, 0) is 19.6 Å². The maximum atomic E-state index is 5.73. The van der Waals surface area contributed by atoms with Gasteiger partial charge >= 0.3 is 0 Å². The van der Waals surface area contributed by atoms with E-state index in [1.54, 1.807) is 6.20 Å². The lowest BCUT2D eigenvalue weighted by Crippen LogP contribution is -2.18. The normalized spacial score (nSPS) is 11.0. The molecule has 0 unspecified atom stereocenters. The van der Waals surface area contributed by atoms with Crippen LogP contribution in [0.1, 0.15) is 38.4 Å². The minimum absolute atomic E-state index is 0.129.